The third-order valence-electron chi connectivity index (χ3n) is 3.97. The molecule has 1 saturated heterocycles. The molecule has 0 bridgehead atoms. The van der Waals surface area contributed by atoms with Gasteiger partial charge in [0.2, 0.25) is 6.29 Å². The summed E-state index contributed by atoms with van der Waals surface area (Å²) in [7, 11) is 0. The number of amidine groups is 1. The molecule has 6 heteroatoms. The minimum Gasteiger partial charge on any atom is -0.372 e. The van der Waals surface area contributed by atoms with Gasteiger partial charge in [0.15, 0.2) is 0 Å². The van der Waals surface area contributed by atoms with E-state index in [0.717, 1.165) is 30.3 Å². The summed E-state index contributed by atoms with van der Waals surface area (Å²) < 4.78 is 17.4. The minimum absolute atomic E-state index is 0.0757. The summed E-state index contributed by atoms with van der Waals surface area (Å²) in [6.45, 7) is 1.33. The Balaban J connectivity index is 1.42. The Labute approximate surface area is 122 Å². The van der Waals surface area contributed by atoms with Crippen molar-refractivity contribution >= 4 is 17.2 Å². The maximum atomic E-state index is 12.1. The predicted octanol–water partition coefficient (Wildman–Crippen LogP) is 1.80. The van der Waals surface area contributed by atoms with Crippen LogP contribution in [-0.2, 0) is 4.74 Å². The largest absolute Gasteiger partial charge is 0.372 e. The van der Waals surface area contributed by atoms with Crippen molar-refractivity contribution < 1.29 is 9.13 Å². The quantitative estimate of drug-likeness (QED) is 0.920. The van der Waals surface area contributed by atoms with Crippen molar-refractivity contribution in [1.82, 2.24) is 4.90 Å². The fraction of sp³-hybridized carbons (Fsp3) is 0.400. The highest BCUT2D eigenvalue weighted by molar-refractivity contribution is 5.96. The van der Waals surface area contributed by atoms with Gasteiger partial charge in [0.25, 0.3) is 0 Å². The van der Waals surface area contributed by atoms with Crippen LogP contribution in [0.2, 0.25) is 0 Å². The maximum Gasteiger partial charge on any atom is 0.202 e. The van der Waals surface area contributed by atoms with Gasteiger partial charge in [-0.05, 0) is 18.2 Å². The van der Waals surface area contributed by atoms with E-state index < -0.39 is 6.67 Å². The molecule has 1 aromatic rings. The molecular formula is C15H17FN4O. The van der Waals surface area contributed by atoms with Crippen molar-refractivity contribution in [1.29, 1.82) is 0 Å². The van der Waals surface area contributed by atoms with E-state index in [2.05, 4.69) is 33.4 Å². The Morgan fingerprint density at radius 3 is 3.05 bits per heavy atom. The van der Waals surface area contributed by atoms with Crippen LogP contribution in [0.1, 0.15) is 0 Å². The second-order valence-corrected chi connectivity index (χ2v) is 5.33. The molecule has 0 aliphatic carbocycles. The number of aliphatic imine (C=N–C) groups is 1. The maximum absolute atomic E-state index is 12.1. The van der Waals surface area contributed by atoms with Gasteiger partial charge in [0.05, 0.1) is 24.1 Å². The molecule has 3 aliphatic rings. The van der Waals surface area contributed by atoms with Crippen LogP contribution in [0.15, 0.2) is 41.5 Å². The molecule has 1 unspecified atom stereocenters. The number of para-hydroxylation sites is 2. The van der Waals surface area contributed by atoms with E-state index in [4.69, 9.17) is 9.73 Å². The van der Waals surface area contributed by atoms with Crippen molar-refractivity contribution in [2.24, 2.45) is 4.99 Å². The van der Waals surface area contributed by atoms with Crippen LogP contribution in [-0.4, -0.2) is 49.5 Å². The first-order chi connectivity index (χ1) is 10.3. The highest BCUT2D eigenvalue weighted by Crippen LogP contribution is 2.36. The number of likely N-dealkylation sites (tertiary alicyclic amines) is 1. The van der Waals surface area contributed by atoms with Crippen LogP contribution in [0.5, 0.6) is 0 Å². The van der Waals surface area contributed by atoms with Crippen LogP contribution in [0.3, 0.4) is 0 Å². The zero-order chi connectivity index (χ0) is 14.2. The fourth-order valence-electron chi connectivity index (χ4n) is 2.86. The molecule has 21 heavy (non-hydrogen) atoms. The SMILES string of the molecule is FCCOC1CN(C2=NC3Nc4ccccc4N3C=C2)C1. The molecule has 0 aromatic heterocycles. The van der Waals surface area contributed by atoms with Crippen LogP contribution in [0.4, 0.5) is 15.8 Å². The zero-order valence-corrected chi connectivity index (χ0v) is 11.6. The molecule has 4 rings (SSSR count). The van der Waals surface area contributed by atoms with Crippen LogP contribution < -0.4 is 10.2 Å². The standard InChI is InChI=1S/C15H17FN4O/c16-6-8-21-11-9-19(10-11)14-5-7-20-13-4-2-1-3-12(13)17-15(20)18-14/h1-5,7,11,15,17H,6,8-10H2. The first-order valence-corrected chi connectivity index (χ1v) is 7.17. The van der Waals surface area contributed by atoms with E-state index in [-0.39, 0.29) is 19.0 Å². The highest BCUT2D eigenvalue weighted by Gasteiger charge is 2.34. The molecule has 1 fully saturated rings. The normalized spacial score (nSPS) is 23.3. The first kappa shape index (κ1) is 12.6. The van der Waals surface area contributed by atoms with E-state index in [9.17, 15) is 4.39 Å². The number of ether oxygens (including phenoxy) is 1. The molecular weight excluding hydrogens is 271 g/mol. The average Bonchev–Trinajstić information content (AvgIpc) is 2.83. The van der Waals surface area contributed by atoms with Gasteiger partial charge in [0.1, 0.15) is 12.5 Å². The third kappa shape index (κ3) is 2.15. The first-order valence-electron chi connectivity index (χ1n) is 7.17. The summed E-state index contributed by atoms with van der Waals surface area (Å²) in [5.74, 6) is 0.955. The molecule has 1 N–H and O–H groups in total. The lowest BCUT2D eigenvalue weighted by Crippen LogP contribution is -2.55. The lowest BCUT2D eigenvalue weighted by atomic mass is 10.1. The van der Waals surface area contributed by atoms with Gasteiger partial charge in [-0.15, -0.1) is 0 Å². The Bertz CT molecular complexity index is 597. The molecule has 3 aliphatic heterocycles. The van der Waals surface area contributed by atoms with Gasteiger partial charge in [0, 0.05) is 19.3 Å². The van der Waals surface area contributed by atoms with Gasteiger partial charge < -0.3 is 19.9 Å². The topological polar surface area (TPSA) is 40.1 Å². The molecule has 1 atom stereocenters. The number of hydrogen-bond acceptors (Lipinski definition) is 5. The number of halogens is 1. The number of fused-ring (bicyclic) bond motifs is 3. The van der Waals surface area contributed by atoms with Crippen molar-refractivity contribution in [3.05, 3.63) is 36.5 Å². The molecule has 110 valence electrons. The van der Waals surface area contributed by atoms with Gasteiger partial charge >= 0.3 is 0 Å². The Hall–Kier alpha value is -2.08. The minimum atomic E-state index is -0.420. The number of nitrogens with zero attached hydrogens (tertiary/aromatic N) is 3. The molecule has 1 aromatic carbocycles. The van der Waals surface area contributed by atoms with E-state index in [1.807, 2.05) is 18.2 Å². The summed E-state index contributed by atoms with van der Waals surface area (Å²) in [6, 6.07) is 8.18. The smallest absolute Gasteiger partial charge is 0.202 e. The van der Waals surface area contributed by atoms with Crippen molar-refractivity contribution in [2.75, 3.05) is 36.6 Å². The molecule has 5 nitrogen and oxygen atoms in total. The number of benzene rings is 1. The third-order valence-corrected chi connectivity index (χ3v) is 3.97. The van der Waals surface area contributed by atoms with Crippen molar-refractivity contribution in [2.45, 2.75) is 12.4 Å². The number of rotatable bonds is 3. The summed E-state index contributed by atoms with van der Waals surface area (Å²) in [4.78, 5) is 9.01. The second-order valence-electron chi connectivity index (χ2n) is 5.33. The van der Waals surface area contributed by atoms with E-state index in [1.165, 1.54) is 0 Å². The lowest BCUT2D eigenvalue weighted by molar-refractivity contribution is -0.0295. The number of hydrogen-bond donors (Lipinski definition) is 1. The number of anilines is 2. The Kier molecular flexibility index (Phi) is 3.03. The van der Waals surface area contributed by atoms with E-state index in [0.29, 0.717) is 0 Å². The highest BCUT2D eigenvalue weighted by atomic mass is 19.1. The van der Waals surface area contributed by atoms with Gasteiger partial charge in [-0.25, -0.2) is 9.38 Å². The number of alkyl halides is 1. The van der Waals surface area contributed by atoms with Crippen molar-refractivity contribution in [3.8, 4) is 0 Å². The molecule has 0 spiro atoms. The van der Waals surface area contributed by atoms with Gasteiger partial charge in [-0.3, -0.25) is 0 Å². The number of nitrogens with one attached hydrogen (secondary N) is 1. The Morgan fingerprint density at radius 2 is 2.19 bits per heavy atom. The van der Waals surface area contributed by atoms with Crippen LogP contribution in [0, 0.1) is 0 Å². The van der Waals surface area contributed by atoms with E-state index in [1.54, 1.807) is 0 Å². The van der Waals surface area contributed by atoms with Crippen LogP contribution >= 0.6 is 0 Å². The van der Waals surface area contributed by atoms with Gasteiger partial charge in [-0.1, -0.05) is 12.1 Å². The summed E-state index contributed by atoms with van der Waals surface area (Å²) >= 11 is 0. The van der Waals surface area contributed by atoms with Crippen molar-refractivity contribution in [3.63, 3.8) is 0 Å². The summed E-state index contributed by atoms with van der Waals surface area (Å²) in [5.41, 5.74) is 2.25. The van der Waals surface area contributed by atoms with Crippen LogP contribution in [0.25, 0.3) is 0 Å². The predicted molar refractivity (Wildman–Crippen MR) is 80.2 cm³/mol. The average molecular weight is 288 g/mol. The Morgan fingerprint density at radius 1 is 1.33 bits per heavy atom. The lowest BCUT2D eigenvalue weighted by Gasteiger charge is -2.41. The zero-order valence-electron chi connectivity index (χ0n) is 11.6. The molecule has 0 amide bonds. The fourth-order valence-corrected chi connectivity index (χ4v) is 2.86. The molecule has 3 heterocycles. The molecule has 0 radical (unpaired) electrons. The summed E-state index contributed by atoms with van der Waals surface area (Å²) in [6.07, 6.45) is 4.13. The van der Waals surface area contributed by atoms with Gasteiger partial charge in [-0.2, -0.15) is 0 Å². The monoisotopic (exact) mass is 288 g/mol. The summed E-state index contributed by atoms with van der Waals surface area (Å²) in [5, 5.41) is 3.39. The molecule has 0 saturated carbocycles. The van der Waals surface area contributed by atoms with E-state index >= 15 is 0 Å². The second kappa shape index (κ2) is 5.04.